The molecular weight excluding hydrogens is 414 g/mol. The summed E-state index contributed by atoms with van der Waals surface area (Å²) in [4.78, 5) is 22.0. The fourth-order valence-electron chi connectivity index (χ4n) is 2.42. The number of benzene rings is 2. The molecule has 2 aromatic rings. The molecule has 0 aliphatic carbocycles. The van der Waals surface area contributed by atoms with Crippen LogP contribution in [0.25, 0.3) is 0 Å². The maximum atomic E-state index is 12.2. The van der Waals surface area contributed by atoms with E-state index in [1.54, 1.807) is 26.2 Å². The molecule has 162 valence electrons. The molecule has 0 saturated heterocycles. The molecule has 0 bridgehead atoms. The van der Waals surface area contributed by atoms with Gasteiger partial charge in [0.2, 0.25) is 15.9 Å². The molecule has 0 radical (unpaired) electrons. The van der Waals surface area contributed by atoms with Gasteiger partial charge in [0.1, 0.15) is 11.9 Å². The Morgan fingerprint density at radius 2 is 1.90 bits per heavy atom. The summed E-state index contributed by atoms with van der Waals surface area (Å²) in [5, 5.41) is 13.4. The first kappa shape index (κ1) is 23.3. The lowest BCUT2D eigenvalue weighted by molar-refractivity contribution is -0.385. The van der Waals surface area contributed by atoms with Crippen LogP contribution < -0.4 is 14.8 Å². The molecule has 11 heteroatoms. The van der Waals surface area contributed by atoms with Gasteiger partial charge in [0.25, 0.3) is 5.69 Å². The van der Waals surface area contributed by atoms with Gasteiger partial charge in [0.15, 0.2) is 0 Å². The van der Waals surface area contributed by atoms with Crippen LogP contribution in [0.2, 0.25) is 0 Å². The molecule has 0 aliphatic rings. The van der Waals surface area contributed by atoms with Crippen LogP contribution >= 0.6 is 0 Å². The largest absolute Gasteiger partial charge is 0.497 e. The van der Waals surface area contributed by atoms with Crippen molar-refractivity contribution in [1.29, 1.82) is 0 Å². The molecule has 0 saturated carbocycles. The summed E-state index contributed by atoms with van der Waals surface area (Å²) in [6.45, 7) is 1.74. The fourth-order valence-corrected chi connectivity index (χ4v) is 3.49. The lowest BCUT2D eigenvalue weighted by Gasteiger charge is -2.14. The zero-order valence-electron chi connectivity index (χ0n) is 16.5. The fraction of sp³-hybridized carbons (Fsp3) is 0.316. The number of carbonyl (C=O) groups excluding carboxylic acids is 1. The minimum absolute atomic E-state index is 0.0276. The van der Waals surface area contributed by atoms with E-state index in [0.717, 1.165) is 11.6 Å². The number of rotatable bonds is 11. The summed E-state index contributed by atoms with van der Waals surface area (Å²) in [5.41, 5.74) is 0.520. The van der Waals surface area contributed by atoms with E-state index < -0.39 is 27.0 Å². The molecule has 30 heavy (non-hydrogen) atoms. The van der Waals surface area contributed by atoms with Crippen molar-refractivity contribution < 1.29 is 27.6 Å². The third kappa shape index (κ3) is 6.79. The molecular formula is C19H23N3O7S. The smallest absolute Gasteiger partial charge is 0.270 e. The molecule has 2 aromatic carbocycles. The van der Waals surface area contributed by atoms with Crippen LogP contribution in [0.3, 0.4) is 0 Å². The number of ether oxygens (including phenoxy) is 2. The maximum Gasteiger partial charge on any atom is 0.270 e. The van der Waals surface area contributed by atoms with Crippen LogP contribution in [-0.2, 0) is 26.2 Å². The van der Waals surface area contributed by atoms with E-state index in [1.165, 1.54) is 18.2 Å². The SMILES string of the molecule is COc1cccc(COC(C)C(=O)NCCNS(=O)(=O)c2cccc([N+](=O)[O-])c2)c1. The van der Waals surface area contributed by atoms with E-state index in [9.17, 15) is 23.3 Å². The van der Waals surface area contributed by atoms with Crippen molar-refractivity contribution in [2.45, 2.75) is 24.5 Å². The van der Waals surface area contributed by atoms with Crippen LogP contribution in [0.5, 0.6) is 5.75 Å². The molecule has 0 aromatic heterocycles. The van der Waals surface area contributed by atoms with E-state index >= 15 is 0 Å². The molecule has 0 heterocycles. The Hall–Kier alpha value is -3.02. The number of nitrogens with zero attached hydrogens (tertiary/aromatic N) is 1. The van der Waals surface area contributed by atoms with Crippen molar-refractivity contribution in [1.82, 2.24) is 10.0 Å². The van der Waals surface area contributed by atoms with Gasteiger partial charge in [-0.05, 0) is 30.7 Å². The predicted molar refractivity (Wildman–Crippen MR) is 109 cm³/mol. The van der Waals surface area contributed by atoms with Gasteiger partial charge in [-0.15, -0.1) is 0 Å². The maximum absolute atomic E-state index is 12.2. The van der Waals surface area contributed by atoms with Gasteiger partial charge in [0.05, 0.1) is 23.5 Å². The molecule has 0 spiro atoms. The van der Waals surface area contributed by atoms with Crippen molar-refractivity contribution in [3.05, 3.63) is 64.2 Å². The Kier molecular flexibility index (Phi) is 8.27. The normalized spacial score (nSPS) is 12.2. The lowest BCUT2D eigenvalue weighted by Crippen LogP contribution is -2.39. The third-order valence-corrected chi connectivity index (χ3v) is 5.52. The first-order valence-electron chi connectivity index (χ1n) is 8.99. The van der Waals surface area contributed by atoms with Crippen LogP contribution in [0, 0.1) is 10.1 Å². The molecule has 2 N–H and O–H groups in total. The molecule has 0 aliphatic heterocycles. The number of hydrogen-bond acceptors (Lipinski definition) is 7. The van der Waals surface area contributed by atoms with Gasteiger partial charge in [-0.25, -0.2) is 13.1 Å². The Bertz CT molecular complexity index is 995. The molecule has 1 atom stereocenters. The summed E-state index contributed by atoms with van der Waals surface area (Å²) < 4.78 is 37.4. The quantitative estimate of drug-likeness (QED) is 0.309. The van der Waals surface area contributed by atoms with E-state index in [0.29, 0.717) is 5.75 Å². The number of sulfonamides is 1. The zero-order valence-corrected chi connectivity index (χ0v) is 17.3. The molecule has 10 nitrogen and oxygen atoms in total. The second-order valence-electron chi connectivity index (χ2n) is 6.25. The second kappa shape index (κ2) is 10.7. The van der Waals surface area contributed by atoms with Crippen molar-refractivity contribution in [2.75, 3.05) is 20.2 Å². The van der Waals surface area contributed by atoms with Gasteiger partial charge < -0.3 is 14.8 Å². The highest BCUT2D eigenvalue weighted by Crippen LogP contribution is 2.17. The van der Waals surface area contributed by atoms with Crippen molar-refractivity contribution in [3.8, 4) is 5.75 Å². The molecule has 1 amide bonds. The standard InChI is InChI=1S/C19H23N3O7S/c1-14(29-13-15-5-3-7-17(11-15)28-2)19(23)20-9-10-21-30(26,27)18-8-4-6-16(12-18)22(24)25/h3-8,11-12,14,21H,9-10,13H2,1-2H3,(H,20,23). The Balaban J connectivity index is 1.78. The highest BCUT2D eigenvalue weighted by atomic mass is 32.2. The summed E-state index contributed by atoms with van der Waals surface area (Å²) in [6, 6.07) is 12.0. The lowest BCUT2D eigenvalue weighted by atomic mass is 10.2. The van der Waals surface area contributed by atoms with Crippen LogP contribution in [0.1, 0.15) is 12.5 Å². The third-order valence-electron chi connectivity index (χ3n) is 4.06. The molecule has 0 fully saturated rings. The van der Waals surface area contributed by atoms with Crippen LogP contribution in [-0.4, -0.2) is 45.6 Å². The summed E-state index contributed by atoms with van der Waals surface area (Å²) >= 11 is 0. The van der Waals surface area contributed by atoms with E-state index in [4.69, 9.17) is 9.47 Å². The molecule has 2 rings (SSSR count). The number of nitro benzene ring substituents is 1. The van der Waals surface area contributed by atoms with E-state index in [2.05, 4.69) is 10.0 Å². The predicted octanol–water partition coefficient (Wildman–Crippen LogP) is 1.60. The first-order valence-corrected chi connectivity index (χ1v) is 10.5. The van der Waals surface area contributed by atoms with Gasteiger partial charge in [-0.3, -0.25) is 14.9 Å². The minimum Gasteiger partial charge on any atom is -0.497 e. The van der Waals surface area contributed by atoms with E-state index in [1.807, 2.05) is 12.1 Å². The number of amides is 1. The highest BCUT2D eigenvalue weighted by molar-refractivity contribution is 7.89. The zero-order chi connectivity index (χ0) is 22.1. The number of non-ortho nitro benzene ring substituents is 1. The number of hydrogen-bond donors (Lipinski definition) is 2. The van der Waals surface area contributed by atoms with E-state index in [-0.39, 0.29) is 30.3 Å². The Morgan fingerprint density at radius 3 is 2.60 bits per heavy atom. The van der Waals surface area contributed by atoms with Crippen molar-refractivity contribution >= 4 is 21.6 Å². The first-order chi connectivity index (χ1) is 14.2. The average molecular weight is 437 g/mol. The Labute approximate surface area is 174 Å². The number of nitro groups is 1. The van der Waals surface area contributed by atoms with Crippen LogP contribution in [0.15, 0.2) is 53.4 Å². The average Bonchev–Trinajstić information content (AvgIpc) is 2.75. The topological polar surface area (TPSA) is 137 Å². The van der Waals surface area contributed by atoms with Crippen molar-refractivity contribution in [2.24, 2.45) is 0 Å². The second-order valence-corrected chi connectivity index (χ2v) is 8.01. The number of carbonyl (C=O) groups is 1. The van der Waals surface area contributed by atoms with Crippen LogP contribution in [0.4, 0.5) is 5.69 Å². The minimum atomic E-state index is -3.94. The summed E-state index contributed by atoms with van der Waals surface area (Å²) in [5.74, 6) is 0.289. The molecule has 1 unspecified atom stereocenters. The van der Waals surface area contributed by atoms with Gasteiger partial charge in [-0.2, -0.15) is 0 Å². The summed E-state index contributed by atoms with van der Waals surface area (Å²) in [7, 11) is -2.38. The highest BCUT2D eigenvalue weighted by Gasteiger charge is 2.18. The van der Waals surface area contributed by atoms with Gasteiger partial charge in [-0.1, -0.05) is 18.2 Å². The van der Waals surface area contributed by atoms with Crippen molar-refractivity contribution in [3.63, 3.8) is 0 Å². The number of methoxy groups -OCH3 is 1. The monoisotopic (exact) mass is 437 g/mol. The number of nitrogens with one attached hydrogen (secondary N) is 2. The van der Waals surface area contributed by atoms with Gasteiger partial charge in [0, 0.05) is 25.2 Å². The van der Waals surface area contributed by atoms with Gasteiger partial charge >= 0.3 is 0 Å². The Morgan fingerprint density at radius 1 is 1.17 bits per heavy atom. The summed E-state index contributed by atoms with van der Waals surface area (Å²) in [6.07, 6.45) is -0.746.